The minimum absolute atomic E-state index is 0.117. The van der Waals surface area contributed by atoms with Gasteiger partial charge in [0.05, 0.1) is 39.5 Å². The van der Waals surface area contributed by atoms with Gasteiger partial charge in [-0.15, -0.1) is 0 Å². The molecule has 4 aromatic rings. The first-order valence-corrected chi connectivity index (χ1v) is 12.1. The van der Waals surface area contributed by atoms with Gasteiger partial charge in [-0.2, -0.15) is 13.2 Å². The summed E-state index contributed by atoms with van der Waals surface area (Å²) < 4.78 is 47.8. The topological polar surface area (TPSA) is 69.4 Å². The van der Waals surface area contributed by atoms with E-state index in [0.717, 1.165) is 12.1 Å². The van der Waals surface area contributed by atoms with Crippen LogP contribution in [0.25, 0.3) is 16.7 Å². The quantitative estimate of drug-likeness (QED) is 0.306. The molecule has 7 nitrogen and oxygen atoms in total. The van der Waals surface area contributed by atoms with Gasteiger partial charge < -0.3 is 9.64 Å². The number of halogens is 4. The Balaban J connectivity index is 1.44. The average molecular weight is 543 g/mol. The first-order chi connectivity index (χ1) is 18.2. The van der Waals surface area contributed by atoms with Gasteiger partial charge in [0, 0.05) is 19.3 Å². The summed E-state index contributed by atoms with van der Waals surface area (Å²) in [5.74, 6) is 0.0792. The number of hydrogen-bond donors (Lipinski definition) is 0. The molecule has 1 aliphatic heterocycles. The summed E-state index contributed by atoms with van der Waals surface area (Å²) in [5.41, 5.74) is 0.984. The summed E-state index contributed by atoms with van der Waals surface area (Å²) in [7, 11) is 0. The predicted octanol–water partition coefficient (Wildman–Crippen LogP) is 5.40. The third kappa shape index (κ3) is 4.79. The van der Waals surface area contributed by atoms with Crippen molar-refractivity contribution in [3.8, 4) is 11.4 Å². The van der Waals surface area contributed by atoms with Crippen LogP contribution in [0.4, 0.5) is 13.2 Å². The Morgan fingerprint density at radius 1 is 1.18 bits per heavy atom. The highest BCUT2D eigenvalue weighted by molar-refractivity contribution is 6.32. The lowest BCUT2D eigenvalue weighted by atomic mass is 10.1. The van der Waals surface area contributed by atoms with Crippen LogP contribution in [0.15, 0.2) is 78.4 Å². The summed E-state index contributed by atoms with van der Waals surface area (Å²) in [6.07, 6.45) is 0.609. The van der Waals surface area contributed by atoms with E-state index >= 15 is 0 Å². The van der Waals surface area contributed by atoms with E-state index in [1.54, 1.807) is 46.1 Å². The molecule has 1 atom stereocenters. The molecule has 1 aliphatic rings. The van der Waals surface area contributed by atoms with Gasteiger partial charge in [-0.25, -0.2) is 4.79 Å². The molecule has 0 unspecified atom stereocenters. The van der Waals surface area contributed by atoms with Crippen molar-refractivity contribution in [3.05, 3.63) is 100 Å². The molecule has 5 rings (SSSR count). The maximum absolute atomic E-state index is 13.7. The average Bonchev–Trinajstić information content (AvgIpc) is 3.49. The van der Waals surface area contributed by atoms with Gasteiger partial charge in [0.15, 0.2) is 0 Å². The van der Waals surface area contributed by atoms with E-state index in [9.17, 15) is 22.8 Å². The van der Waals surface area contributed by atoms with Gasteiger partial charge in [0.2, 0.25) is 5.91 Å². The van der Waals surface area contributed by atoms with Crippen LogP contribution in [-0.2, 0) is 17.6 Å². The maximum atomic E-state index is 13.7. The number of rotatable bonds is 6. The van der Waals surface area contributed by atoms with Crippen LogP contribution in [-0.4, -0.2) is 38.0 Å². The van der Waals surface area contributed by atoms with Gasteiger partial charge in [-0.1, -0.05) is 30.3 Å². The molecule has 3 heterocycles. The normalized spacial score (nSPS) is 15.7. The molecule has 0 bridgehead atoms. The number of likely N-dealkylation sites (tertiary alicyclic amines) is 1. The molecule has 1 fully saturated rings. The molecule has 1 saturated heterocycles. The second kappa shape index (κ2) is 10.0. The van der Waals surface area contributed by atoms with Crippen molar-refractivity contribution < 1.29 is 22.7 Å². The Morgan fingerprint density at radius 3 is 2.74 bits per heavy atom. The molecule has 2 aromatic heterocycles. The summed E-state index contributed by atoms with van der Waals surface area (Å²) in [6.45, 7) is 4.32. The van der Waals surface area contributed by atoms with Crippen molar-refractivity contribution in [2.24, 2.45) is 0 Å². The zero-order chi connectivity index (χ0) is 27.0. The standard InChI is InChI=1S/C27H22ClF3N4O3/c1-2-25(36)33-11-9-20(15-33)35-22-8-10-32-14-23(22)34(26(35)37)19-6-7-24(21(28)13-19)38-16-17-4-3-5-18(12-17)27(29,30)31/h2-8,10,12-14,20H,1,9,11,15-16H2/t20-/m1/s1. The van der Waals surface area contributed by atoms with E-state index in [-0.39, 0.29) is 35.0 Å². The van der Waals surface area contributed by atoms with Crippen LogP contribution in [0.2, 0.25) is 5.02 Å². The van der Waals surface area contributed by atoms with Gasteiger partial charge in [-0.3, -0.25) is 18.9 Å². The van der Waals surface area contributed by atoms with Crippen LogP contribution in [0.1, 0.15) is 23.6 Å². The van der Waals surface area contributed by atoms with Crippen molar-refractivity contribution in [3.63, 3.8) is 0 Å². The zero-order valence-electron chi connectivity index (χ0n) is 20.0. The van der Waals surface area contributed by atoms with E-state index in [4.69, 9.17) is 16.3 Å². The third-order valence-corrected chi connectivity index (χ3v) is 6.81. The van der Waals surface area contributed by atoms with Crippen LogP contribution < -0.4 is 10.4 Å². The largest absolute Gasteiger partial charge is 0.487 e. The zero-order valence-corrected chi connectivity index (χ0v) is 20.7. The molecule has 0 saturated carbocycles. The van der Waals surface area contributed by atoms with E-state index in [0.29, 0.717) is 41.8 Å². The number of amides is 1. The Bertz CT molecular complexity index is 1590. The Morgan fingerprint density at radius 2 is 2.00 bits per heavy atom. The molecule has 0 N–H and O–H groups in total. The van der Waals surface area contributed by atoms with Gasteiger partial charge in [0.1, 0.15) is 12.4 Å². The molecule has 0 radical (unpaired) electrons. The molecule has 2 aromatic carbocycles. The highest BCUT2D eigenvalue weighted by Gasteiger charge is 2.31. The molecule has 196 valence electrons. The Kier molecular flexibility index (Phi) is 6.75. The molecule has 38 heavy (non-hydrogen) atoms. The van der Waals surface area contributed by atoms with Crippen molar-refractivity contribution in [2.45, 2.75) is 25.2 Å². The number of nitrogens with zero attached hydrogens (tertiary/aromatic N) is 4. The number of benzene rings is 2. The van der Waals surface area contributed by atoms with Crippen LogP contribution >= 0.6 is 11.6 Å². The van der Waals surface area contributed by atoms with Crippen LogP contribution in [0.5, 0.6) is 5.75 Å². The van der Waals surface area contributed by atoms with Gasteiger partial charge in [-0.05, 0) is 54.5 Å². The molecular formula is C27H22ClF3N4O3. The fourth-order valence-electron chi connectivity index (χ4n) is 4.70. The summed E-state index contributed by atoms with van der Waals surface area (Å²) in [6, 6.07) is 11.2. The monoisotopic (exact) mass is 542 g/mol. The number of ether oxygens (including phenoxy) is 1. The fourth-order valence-corrected chi connectivity index (χ4v) is 4.93. The second-order valence-corrected chi connectivity index (χ2v) is 9.29. The number of carbonyl (C=O) groups is 1. The summed E-state index contributed by atoms with van der Waals surface area (Å²) in [5, 5.41) is 0.190. The van der Waals surface area contributed by atoms with E-state index in [1.807, 2.05) is 0 Å². The Labute approximate surface area is 220 Å². The lowest BCUT2D eigenvalue weighted by Gasteiger charge is -2.15. The highest BCUT2D eigenvalue weighted by atomic mass is 35.5. The minimum atomic E-state index is -4.45. The molecule has 0 aliphatic carbocycles. The van der Waals surface area contributed by atoms with Gasteiger partial charge in [0.25, 0.3) is 0 Å². The molecule has 0 spiro atoms. The van der Waals surface area contributed by atoms with Crippen LogP contribution in [0.3, 0.4) is 0 Å². The first kappa shape index (κ1) is 25.6. The lowest BCUT2D eigenvalue weighted by Crippen LogP contribution is -2.31. The summed E-state index contributed by atoms with van der Waals surface area (Å²) >= 11 is 6.46. The van der Waals surface area contributed by atoms with Crippen molar-refractivity contribution in [1.82, 2.24) is 19.0 Å². The second-order valence-electron chi connectivity index (χ2n) is 8.88. The SMILES string of the molecule is C=CC(=O)N1CC[C@@H](n2c(=O)n(-c3ccc(OCc4cccc(C(F)(F)F)c4)c(Cl)c3)c3cnccc32)C1. The van der Waals surface area contributed by atoms with E-state index in [2.05, 4.69) is 11.6 Å². The predicted molar refractivity (Wildman–Crippen MR) is 137 cm³/mol. The number of aromatic nitrogens is 3. The minimum Gasteiger partial charge on any atom is -0.487 e. The van der Waals surface area contributed by atoms with E-state index < -0.39 is 11.7 Å². The summed E-state index contributed by atoms with van der Waals surface area (Å²) in [4.78, 5) is 31.5. The first-order valence-electron chi connectivity index (χ1n) is 11.7. The van der Waals surface area contributed by atoms with E-state index in [1.165, 1.54) is 22.8 Å². The maximum Gasteiger partial charge on any atom is 0.416 e. The third-order valence-electron chi connectivity index (χ3n) is 6.51. The number of imidazole rings is 1. The number of carbonyl (C=O) groups excluding carboxylic acids is 1. The molecule has 11 heteroatoms. The van der Waals surface area contributed by atoms with Crippen LogP contribution in [0, 0.1) is 0 Å². The van der Waals surface area contributed by atoms with Crippen molar-refractivity contribution in [2.75, 3.05) is 13.1 Å². The smallest absolute Gasteiger partial charge is 0.416 e. The fraction of sp³-hybridized carbons (Fsp3) is 0.222. The number of hydrogen-bond acceptors (Lipinski definition) is 4. The van der Waals surface area contributed by atoms with Gasteiger partial charge >= 0.3 is 11.9 Å². The number of pyridine rings is 1. The highest BCUT2D eigenvalue weighted by Crippen LogP contribution is 2.32. The Hall–Kier alpha value is -4.05. The van der Waals surface area contributed by atoms with Crippen molar-refractivity contribution in [1.29, 1.82) is 0 Å². The van der Waals surface area contributed by atoms with Crippen molar-refractivity contribution >= 4 is 28.5 Å². The molecule has 1 amide bonds. The lowest BCUT2D eigenvalue weighted by molar-refractivity contribution is -0.137. The number of fused-ring (bicyclic) bond motifs is 1. The number of alkyl halides is 3. The molecular weight excluding hydrogens is 521 g/mol.